The van der Waals surface area contributed by atoms with Crippen LogP contribution in [-0.4, -0.2) is 57.7 Å². The molecule has 1 aliphatic heterocycles. The molecule has 1 aliphatic rings. The van der Waals surface area contributed by atoms with Gasteiger partial charge in [0.25, 0.3) is 0 Å². The molecule has 5 atom stereocenters. The molecule has 22 heavy (non-hydrogen) atoms. The van der Waals surface area contributed by atoms with Crippen molar-refractivity contribution < 1.29 is 29.9 Å². The van der Waals surface area contributed by atoms with E-state index in [1.165, 1.54) is 0 Å². The minimum absolute atomic E-state index is 0.461. The van der Waals surface area contributed by atoms with Crippen molar-refractivity contribution in [3.05, 3.63) is 42.5 Å². The molecule has 0 aliphatic carbocycles. The molecule has 1 fully saturated rings. The highest BCUT2D eigenvalue weighted by Crippen LogP contribution is 2.26. The fraction of sp³-hybridized carbons (Fsp3) is 0.375. The van der Waals surface area contributed by atoms with Gasteiger partial charge in [-0.1, -0.05) is 30.3 Å². The summed E-state index contributed by atoms with van der Waals surface area (Å²) >= 11 is 0. The van der Waals surface area contributed by atoms with Crippen LogP contribution in [0, 0.1) is 0 Å². The van der Waals surface area contributed by atoms with Gasteiger partial charge in [-0.3, -0.25) is 0 Å². The highest BCUT2D eigenvalue weighted by molar-refractivity contribution is 5.83. The van der Waals surface area contributed by atoms with Crippen molar-refractivity contribution in [2.75, 3.05) is 6.61 Å². The zero-order chi connectivity index (χ0) is 15.7. The summed E-state index contributed by atoms with van der Waals surface area (Å²) in [6, 6.07) is 13.1. The minimum atomic E-state index is -1.45. The number of rotatable bonds is 3. The number of aliphatic hydroxyl groups is 4. The van der Waals surface area contributed by atoms with Crippen LogP contribution in [0.1, 0.15) is 0 Å². The molecule has 2 aromatic carbocycles. The van der Waals surface area contributed by atoms with E-state index in [1.54, 1.807) is 12.1 Å². The second-order valence-electron chi connectivity index (χ2n) is 5.32. The summed E-state index contributed by atoms with van der Waals surface area (Å²) in [5.41, 5.74) is 0. The maximum Gasteiger partial charge on any atom is 0.229 e. The van der Waals surface area contributed by atoms with Gasteiger partial charge in [-0.05, 0) is 22.9 Å². The van der Waals surface area contributed by atoms with Gasteiger partial charge in [-0.15, -0.1) is 0 Å². The van der Waals surface area contributed by atoms with Crippen molar-refractivity contribution in [2.24, 2.45) is 0 Å². The molecule has 4 N–H and O–H groups in total. The van der Waals surface area contributed by atoms with Crippen molar-refractivity contribution in [3.8, 4) is 5.75 Å². The molecule has 1 heterocycles. The Morgan fingerprint density at radius 1 is 0.909 bits per heavy atom. The lowest BCUT2D eigenvalue weighted by Gasteiger charge is -2.39. The van der Waals surface area contributed by atoms with Crippen LogP contribution < -0.4 is 4.74 Å². The Bertz CT molecular complexity index is 643. The predicted octanol–water partition coefficient (Wildman–Crippen LogP) is 0.0185. The van der Waals surface area contributed by atoms with E-state index in [0.717, 1.165) is 10.8 Å². The van der Waals surface area contributed by atoms with Crippen LogP contribution >= 0.6 is 0 Å². The molecular formula is C16H18O6. The summed E-state index contributed by atoms with van der Waals surface area (Å²) in [6.45, 7) is -0.484. The predicted molar refractivity (Wildman–Crippen MR) is 78.3 cm³/mol. The lowest BCUT2D eigenvalue weighted by Crippen LogP contribution is -2.60. The Balaban J connectivity index is 1.80. The third-order valence-electron chi connectivity index (χ3n) is 3.82. The topological polar surface area (TPSA) is 99.4 Å². The monoisotopic (exact) mass is 306 g/mol. The van der Waals surface area contributed by atoms with Crippen molar-refractivity contribution in [2.45, 2.75) is 30.7 Å². The lowest BCUT2D eigenvalue weighted by molar-refractivity contribution is -0.277. The van der Waals surface area contributed by atoms with Crippen LogP contribution in [0.15, 0.2) is 42.5 Å². The maximum absolute atomic E-state index is 9.95. The highest BCUT2D eigenvalue weighted by atomic mass is 16.7. The first-order valence-electron chi connectivity index (χ1n) is 7.06. The van der Waals surface area contributed by atoms with Gasteiger partial charge >= 0.3 is 0 Å². The van der Waals surface area contributed by atoms with Crippen molar-refractivity contribution in [1.82, 2.24) is 0 Å². The molecule has 0 saturated carbocycles. The molecule has 2 aromatic rings. The van der Waals surface area contributed by atoms with E-state index in [0.29, 0.717) is 5.75 Å². The molecule has 6 heteroatoms. The molecule has 0 amide bonds. The average Bonchev–Trinajstić information content (AvgIpc) is 2.55. The van der Waals surface area contributed by atoms with Gasteiger partial charge in [0.05, 0.1) is 6.61 Å². The molecule has 0 unspecified atom stereocenters. The van der Waals surface area contributed by atoms with E-state index in [9.17, 15) is 15.3 Å². The fourth-order valence-corrected chi connectivity index (χ4v) is 2.54. The Kier molecular flexibility index (Phi) is 4.28. The SMILES string of the molecule is OC[C@@H]1O[C@@H](Oc2ccc3ccccc3c2)[C@H](O)[C@H](O)[C@@H]1O. The molecule has 3 rings (SSSR count). The van der Waals surface area contributed by atoms with Gasteiger partial charge in [0, 0.05) is 0 Å². The maximum atomic E-state index is 9.95. The zero-order valence-electron chi connectivity index (χ0n) is 11.7. The van der Waals surface area contributed by atoms with E-state index in [-0.39, 0.29) is 0 Å². The third kappa shape index (κ3) is 2.79. The average molecular weight is 306 g/mol. The van der Waals surface area contributed by atoms with E-state index in [1.807, 2.05) is 30.3 Å². The Labute approximate surface area is 127 Å². The largest absolute Gasteiger partial charge is 0.462 e. The first kappa shape index (κ1) is 15.2. The van der Waals surface area contributed by atoms with E-state index >= 15 is 0 Å². The van der Waals surface area contributed by atoms with E-state index in [4.69, 9.17) is 14.6 Å². The summed E-state index contributed by atoms with van der Waals surface area (Å²) in [6.07, 6.45) is -6.40. The third-order valence-corrected chi connectivity index (χ3v) is 3.82. The van der Waals surface area contributed by atoms with Gasteiger partial charge < -0.3 is 29.9 Å². The van der Waals surface area contributed by atoms with Crippen LogP contribution in [0.5, 0.6) is 5.75 Å². The Morgan fingerprint density at radius 2 is 1.64 bits per heavy atom. The molecule has 118 valence electrons. The molecule has 0 radical (unpaired) electrons. The molecule has 6 nitrogen and oxygen atoms in total. The van der Waals surface area contributed by atoms with Crippen molar-refractivity contribution in [3.63, 3.8) is 0 Å². The number of benzene rings is 2. The second-order valence-corrected chi connectivity index (χ2v) is 5.32. The van der Waals surface area contributed by atoms with Crippen LogP contribution in [0.3, 0.4) is 0 Å². The zero-order valence-corrected chi connectivity index (χ0v) is 11.7. The Hall–Kier alpha value is -1.70. The molecule has 1 saturated heterocycles. The number of fused-ring (bicyclic) bond motifs is 1. The van der Waals surface area contributed by atoms with Crippen molar-refractivity contribution >= 4 is 10.8 Å². The van der Waals surface area contributed by atoms with Crippen molar-refractivity contribution in [1.29, 1.82) is 0 Å². The van der Waals surface area contributed by atoms with E-state index in [2.05, 4.69) is 0 Å². The summed E-state index contributed by atoms with van der Waals surface area (Å²) in [7, 11) is 0. The van der Waals surface area contributed by atoms with Gasteiger partial charge in [-0.25, -0.2) is 0 Å². The van der Waals surface area contributed by atoms with Gasteiger partial charge in [0.15, 0.2) is 0 Å². The quantitative estimate of drug-likeness (QED) is 0.638. The molecular weight excluding hydrogens is 288 g/mol. The minimum Gasteiger partial charge on any atom is -0.462 e. The lowest BCUT2D eigenvalue weighted by atomic mass is 9.99. The number of ether oxygens (including phenoxy) is 2. The van der Waals surface area contributed by atoms with Crippen LogP contribution in [-0.2, 0) is 4.74 Å². The van der Waals surface area contributed by atoms with Gasteiger partial charge in [0.2, 0.25) is 6.29 Å². The molecule has 0 spiro atoms. The smallest absolute Gasteiger partial charge is 0.229 e. The van der Waals surface area contributed by atoms with Crippen LogP contribution in [0.25, 0.3) is 10.8 Å². The normalized spacial score (nSPS) is 32.1. The summed E-state index contributed by atoms with van der Waals surface area (Å²) in [5.74, 6) is 0.461. The number of hydrogen-bond acceptors (Lipinski definition) is 6. The standard InChI is InChI=1S/C16H18O6/c17-8-12-13(18)14(19)15(20)16(22-12)21-11-6-5-9-3-1-2-4-10(9)7-11/h1-7,12-20H,8H2/t12-,13+,14+,15+,16+/m0/s1. The number of hydrogen-bond donors (Lipinski definition) is 4. The summed E-state index contributed by atoms with van der Waals surface area (Å²) in [4.78, 5) is 0. The first-order valence-corrected chi connectivity index (χ1v) is 7.06. The Morgan fingerprint density at radius 3 is 2.36 bits per heavy atom. The fourth-order valence-electron chi connectivity index (χ4n) is 2.54. The van der Waals surface area contributed by atoms with Crippen LogP contribution in [0.4, 0.5) is 0 Å². The molecule has 0 aromatic heterocycles. The highest BCUT2D eigenvalue weighted by Gasteiger charge is 2.44. The number of aliphatic hydroxyl groups excluding tert-OH is 4. The first-order chi connectivity index (χ1) is 10.6. The van der Waals surface area contributed by atoms with Gasteiger partial charge in [-0.2, -0.15) is 0 Å². The summed E-state index contributed by atoms with van der Waals surface area (Å²) in [5, 5.41) is 40.6. The van der Waals surface area contributed by atoms with Gasteiger partial charge in [0.1, 0.15) is 30.2 Å². The van der Waals surface area contributed by atoms with E-state index < -0.39 is 37.3 Å². The summed E-state index contributed by atoms with van der Waals surface area (Å²) < 4.78 is 10.9. The van der Waals surface area contributed by atoms with Crippen LogP contribution in [0.2, 0.25) is 0 Å². The second kappa shape index (κ2) is 6.20. The molecule has 0 bridgehead atoms.